The Bertz CT molecular complexity index is 943. The van der Waals surface area contributed by atoms with Gasteiger partial charge in [0, 0.05) is 28.0 Å². The van der Waals surface area contributed by atoms with Crippen LogP contribution in [0.4, 0.5) is 5.69 Å². The number of anilines is 1. The first-order valence-corrected chi connectivity index (χ1v) is 10.2. The normalized spacial score (nSPS) is 11.4. The van der Waals surface area contributed by atoms with Gasteiger partial charge in [0.05, 0.1) is 11.4 Å². The number of carbonyl (C=O) groups is 1. The number of hydrogen-bond donors (Lipinski definition) is 1. The van der Waals surface area contributed by atoms with Gasteiger partial charge >= 0.3 is 0 Å². The molecule has 2 aromatic carbocycles. The van der Waals surface area contributed by atoms with E-state index in [2.05, 4.69) is 43.2 Å². The van der Waals surface area contributed by atoms with Crippen LogP contribution in [0.3, 0.4) is 0 Å². The number of para-hydroxylation sites is 1. The number of amides is 1. The Morgan fingerprint density at radius 1 is 1.07 bits per heavy atom. The minimum absolute atomic E-state index is 0.0331. The maximum Gasteiger partial charge on any atom is 0.224 e. The highest BCUT2D eigenvalue weighted by Gasteiger charge is 2.22. The summed E-state index contributed by atoms with van der Waals surface area (Å²) in [6, 6.07) is 18.0. The molecule has 0 aliphatic rings. The molecular formula is C23H26N2O2S. The van der Waals surface area contributed by atoms with E-state index in [1.54, 1.807) is 11.8 Å². The Morgan fingerprint density at radius 2 is 1.75 bits per heavy atom. The third-order valence-corrected chi connectivity index (χ3v) is 5.33. The third kappa shape index (κ3) is 5.26. The Hall–Kier alpha value is -2.53. The molecule has 0 saturated carbocycles. The molecule has 0 unspecified atom stereocenters. The molecule has 1 aromatic heterocycles. The van der Waals surface area contributed by atoms with Gasteiger partial charge in [-0.15, -0.1) is 0 Å². The molecule has 0 radical (unpaired) electrons. The molecule has 5 heteroatoms. The molecular weight excluding hydrogens is 368 g/mol. The summed E-state index contributed by atoms with van der Waals surface area (Å²) in [6.07, 6.45) is 0.888. The van der Waals surface area contributed by atoms with Crippen LogP contribution < -0.4 is 5.32 Å². The molecule has 0 atom stereocenters. The van der Waals surface area contributed by atoms with E-state index >= 15 is 0 Å². The summed E-state index contributed by atoms with van der Waals surface area (Å²) >= 11 is 1.64. The van der Waals surface area contributed by atoms with Crippen LogP contribution >= 0.6 is 11.8 Å². The lowest BCUT2D eigenvalue weighted by Crippen LogP contribution is -2.13. The summed E-state index contributed by atoms with van der Waals surface area (Å²) in [6.45, 7) is 8.13. The highest BCUT2D eigenvalue weighted by molar-refractivity contribution is 7.99. The zero-order valence-corrected chi connectivity index (χ0v) is 17.6. The van der Waals surface area contributed by atoms with Gasteiger partial charge in [0.15, 0.2) is 5.89 Å². The van der Waals surface area contributed by atoms with Gasteiger partial charge in [-0.1, -0.05) is 62.9 Å². The summed E-state index contributed by atoms with van der Waals surface area (Å²) in [5, 5.41) is 3.04. The molecule has 1 amide bonds. The van der Waals surface area contributed by atoms with Crippen LogP contribution in [-0.2, 0) is 16.6 Å². The zero-order valence-electron chi connectivity index (χ0n) is 16.8. The van der Waals surface area contributed by atoms with Crippen LogP contribution in [0.5, 0.6) is 0 Å². The number of benzene rings is 2. The second-order valence-corrected chi connectivity index (χ2v) is 8.85. The molecule has 4 nitrogen and oxygen atoms in total. The highest BCUT2D eigenvalue weighted by Crippen LogP contribution is 2.33. The Morgan fingerprint density at radius 3 is 2.43 bits per heavy atom. The predicted octanol–water partition coefficient (Wildman–Crippen LogP) is 6.00. The number of nitrogens with one attached hydrogen (secondary N) is 1. The fraction of sp³-hybridized carbons (Fsp3) is 0.304. The molecule has 146 valence electrons. The monoisotopic (exact) mass is 394 g/mol. The van der Waals surface area contributed by atoms with Gasteiger partial charge in [0.25, 0.3) is 0 Å². The first-order valence-electron chi connectivity index (χ1n) is 9.41. The van der Waals surface area contributed by atoms with E-state index < -0.39 is 0 Å². The van der Waals surface area contributed by atoms with Gasteiger partial charge in [-0.2, -0.15) is 0 Å². The van der Waals surface area contributed by atoms with Crippen LogP contribution in [0, 0.1) is 6.92 Å². The van der Waals surface area contributed by atoms with Crippen molar-refractivity contribution in [1.29, 1.82) is 0 Å². The number of hydrogen-bond acceptors (Lipinski definition) is 4. The summed E-state index contributed by atoms with van der Waals surface area (Å²) in [5.74, 6) is 1.46. The fourth-order valence-electron chi connectivity index (χ4n) is 2.69. The van der Waals surface area contributed by atoms with E-state index in [4.69, 9.17) is 4.42 Å². The van der Waals surface area contributed by atoms with Crippen molar-refractivity contribution in [2.24, 2.45) is 0 Å². The Balaban J connectivity index is 1.64. The van der Waals surface area contributed by atoms with Crippen molar-refractivity contribution in [1.82, 2.24) is 4.98 Å². The molecule has 0 bridgehead atoms. The van der Waals surface area contributed by atoms with Crippen LogP contribution in [0.2, 0.25) is 0 Å². The average Bonchev–Trinajstić information content (AvgIpc) is 3.04. The molecule has 0 saturated heterocycles. The number of aryl methyl sites for hydroxylation is 2. The number of nitrogens with zero attached hydrogens (tertiary/aromatic N) is 1. The first kappa shape index (κ1) is 20.2. The third-order valence-electron chi connectivity index (χ3n) is 4.25. The maximum absolute atomic E-state index is 12.5. The van der Waals surface area contributed by atoms with Gasteiger partial charge in [-0.3, -0.25) is 4.79 Å². The van der Waals surface area contributed by atoms with Crippen molar-refractivity contribution < 1.29 is 9.21 Å². The topological polar surface area (TPSA) is 55.1 Å². The largest absolute Gasteiger partial charge is 0.445 e. The molecule has 0 spiro atoms. The summed E-state index contributed by atoms with van der Waals surface area (Å²) in [5.41, 5.74) is 1.54. The maximum atomic E-state index is 12.5. The van der Waals surface area contributed by atoms with E-state index in [0.717, 1.165) is 26.9 Å². The van der Waals surface area contributed by atoms with Crippen molar-refractivity contribution in [2.45, 2.75) is 55.7 Å². The quantitative estimate of drug-likeness (QED) is 0.557. The summed E-state index contributed by atoms with van der Waals surface area (Å²) in [4.78, 5) is 19.2. The SMILES string of the molecule is Cc1nc(C(C)(C)C)oc1CCC(=O)Nc1ccccc1Sc1ccccc1. The smallest absolute Gasteiger partial charge is 0.224 e. The van der Waals surface area contributed by atoms with Gasteiger partial charge in [-0.25, -0.2) is 4.98 Å². The second-order valence-electron chi connectivity index (χ2n) is 7.74. The van der Waals surface area contributed by atoms with Crippen molar-refractivity contribution in [3.8, 4) is 0 Å². The molecule has 0 aliphatic carbocycles. The number of aromatic nitrogens is 1. The lowest BCUT2D eigenvalue weighted by molar-refractivity contribution is -0.116. The highest BCUT2D eigenvalue weighted by atomic mass is 32.2. The minimum Gasteiger partial charge on any atom is -0.445 e. The molecule has 1 heterocycles. The number of oxazole rings is 1. The summed E-state index contributed by atoms with van der Waals surface area (Å²) < 4.78 is 5.89. The number of rotatable bonds is 6. The lowest BCUT2D eigenvalue weighted by Gasteiger charge is -2.12. The fourth-order valence-corrected chi connectivity index (χ4v) is 3.62. The molecule has 3 aromatic rings. The van der Waals surface area contributed by atoms with E-state index in [-0.39, 0.29) is 11.3 Å². The zero-order chi connectivity index (χ0) is 20.1. The van der Waals surface area contributed by atoms with E-state index in [1.165, 1.54) is 0 Å². The summed E-state index contributed by atoms with van der Waals surface area (Å²) in [7, 11) is 0. The molecule has 3 rings (SSSR count). The molecule has 28 heavy (non-hydrogen) atoms. The van der Waals surface area contributed by atoms with Gasteiger partial charge < -0.3 is 9.73 Å². The Kier molecular flexibility index (Phi) is 6.25. The first-order chi connectivity index (χ1) is 13.3. The van der Waals surface area contributed by atoms with Crippen LogP contribution in [-0.4, -0.2) is 10.9 Å². The van der Waals surface area contributed by atoms with Crippen molar-refractivity contribution in [2.75, 3.05) is 5.32 Å². The van der Waals surface area contributed by atoms with Gasteiger partial charge in [-0.05, 0) is 31.2 Å². The number of carbonyl (C=O) groups excluding carboxylic acids is 1. The molecule has 0 fully saturated rings. The van der Waals surface area contributed by atoms with Crippen LogP contribution in [0.25, 0.3) is 0 Å². The Labute approximate surface area is 170 Å². The van der Waals surface area contributed by atoms with Crippen LogP contribution in [0.15, 0.2) is 68.8 Å². The van der Waals surface area contributed by atoms with Crippen molar-refractivity contribution in [3.05, 3.63) is 71.9 Å². The van der Waals surface area contributed by atoms with Gasteiger partial charge in [0.1, 0.15) is 5.76 Å². The average molecular weight is 395 g/mol. The van der Waals surface area contributed by atoms with Crippen molar-refractivity contribution in [3.63, 3.8) is 0 Å². The molecule has 0 aliphatic heterocycles. The molecule has 1 N–H and O–H groups in total. The van der Waals surface area contributed by atoms with E-state index in [0.29, 0.717) is 18.7 Å². The van der Waals surface area contributed by atoms with Crippen LogP contribution in [0.1, 0.15) is 44.5 Å². The predicted molar refractivity (Wildman–Crippen MR) is 114 cm³/mol. The minimum atomic E-state index is -0.140. The second kappa shape index (κ2) is 8.65. The lowest BCUT2D eigenvalue weighted by atomic mass is 9.97. The standard InChI is InChI=1S/C23H26N2O2S/c1-16-19(27-22(24-16)23(2,3)4)14-15-21(26)25-18-12-8-9-13-20(18)28-17-10-6-5-7-11-17/h5-13H,14-15H2,1-4H3,(H,25,26). The van der Waals surface area contributed by atoms with Crippen molar-refractivity contribution >= 4 is 23.4 Å². The van der Waals surface area contributed by atoms with E-state index in [9.17, 15) is 4.79 Å². The van der Waals surface area contributed by atoms with E-state index in [1.807, 2.05) is 49.4 Å². The van der Waals surface area contributed by atoms with Gasteiger partial charge in [0.2, 0.25) is 5.91 Å².